The number of rotatable bonds is 3. The maximum Gasteiger partial charge on any atom is 0.416 e. The molecule has 0 aliphatic carbocycles. The quantitative estimate of drug-likeness (QED) is 0.367. The van der Waals surface area contributed by atoms with E-state index in [1.165, 1.54) is 35.2 Å². The highest BCUT2D eigenvalue weighted by atomic mass is 32.2. The van der Waals surface area contributed by atoms with Crippen molar-refractivity contribution in [1.29, 1.82) is 0 Å². The zero-order chi connectivity index (χ0) is 23.5. The van der Waals surface area contributed by atoms with E-state index in [2.05, 4.69) is 4.98 Å². The fraction of sp³-hybridized carbons (Fsp3) is 0.227. The Hall–Kier alpha value is -2.63. The molecule has 3 heterocycles. The maximum absolute atomic E-state index is 13.6. The number of aromatic amines is 1. The average Bonchev–Trinajstić information content (AvgIpc) is 3.28. The van der Waals surface area contributed by atoms with E-state index in [1.807, 2.05) is 12.1 Å². The molecule has 3 aromatic rings. The Morgan fingerprint density at radius 2 is 1.82 bits per heavy atom. The topological polar surface area (TPSA) is 62.4 Å². The number of fused-ring (bicyclic) bond motifs is 2. The van der Waals surface area contributed by atoms with Crippen LogP contribution in [-0.2, 0) is 15.8 Å². The van der Waals surface area contributed by atoms with Gasteiger partial charge in [0.05, 0.1) is 29.3 Å². The summed E-state index contributed by atoms with van der Waals surface area (Å²) in [5.41, 5.74) is -0.206. The van der Waals surface area contributed by atoms with Crippen LogP contribution in [0.5, 0.6) is 5.75 Å². The smallest absolute Gasteiger partial charge is 0.416 e. The first kappa shape index (κ1) is 22.2. The molecular formula is C22H15F3N2O3S3. The standard InChI is InChI=1S/C22H15F3N2O3S3/c1-30-13-7-5-10(6-8-13)14-15-17(32-18-16(14)33-21(31)26-18)20(29)27(19(15)28)12-4-2-3-11(9-12)22(23,24)25/h2-9,14-15,17H,1H3,(H,26,31). The highest BCUT2D eigenvalue weighted by Crippen LogP contribution is 2.54. The van der Waals surface area contributed by atoms with Gasteiger partial charge in [-0.25, -0.2) is 4.90 Å². The summed E-state index contributed by atoms with van der Waals surface area (Å²) in [7, 11) is 1.55. The van der Waals surface area contributed by atoms with E-state index < -0.39 is 40.6 Å². The molecule has 0 spiro atoms. The number of H-pyrrole nitrogens is 1. The minimum atomic E-state index is -4.59. The van der Waals surface area contributed by atoms with E-state index in [4.69, 9.17) is 17.0 Å². The Kier molecular flexibility index (Phi) is 5.37. The Morgan fingerprint density at radius 3 is 2.48 bits per heavy atom. The number of alkyl halides is 3. The Morgan fingerprint density at radius 1 is 1.09 bits per heavy atom. The van der Waals surface area contributed by atoms with Crippen LogP contribution in [0.2, 0.25) is 0 Å². The zero-order valence-corrected chi connectivity index (χ0v) is 19.3. The van der Waals surface area contributed by atoms with Crippen molar-refractivity contribution in [2.45, 2.75) is 22.4 Å². The first-order valence-electron chi connectivity index (χ1n) is 9.77. The summed E-state index contributed by atoms with van der Waals surface area (Å²) >= 11 is 7.84. The minimum Gasteiger partial charge on any atom is -0.497 e. The molecule has 5 rings (SSSR count). The van der Waals surface area contributed by atoms with Crippen LogP contribution in [0.4, 0.5) is 18.9 Å². The largest absolute Gasteiger partial charge is 0.497 e. The number of anilines is 1. The molecule has 2 aromatic carbocycles. The van der Waals surface area contributed by atoms with Gasteiger partial charge in [-0.3, -0.25) is 9.59 Å². The molecular weight excluding hydrogens is 493 g/mol. The second-order valence-corrected chi connectivity index (χ2v) is 10.5. The van der Waals surface area contributed by atoms with Crippen molar-refractivity contribution in [2.24, 2.45) is 5.92 Å². The van der Waals surface area contributed by atoms with Crippen molar-refractivity contribution >= 4 is 52.8 Å². The monoisotopic (exact) mass is 508 g/mol. The molecule has 0 saturated carbocycles. The lowest BCUT2D eigenvalue weighted by molar-refractivity contribution is -0.137. The number of hydrogen-bond donors (Lipinski definition) is 1. The summed E-state index contributed by atoms with van der Waals surface area (Å²) in [4.78, 5) is 31.8. The van der Waals surface area contributed by atoms with Gasteiger partial charge in [-0.2, -0.15) is 13.2 Å². The second kappa shape index (κ2) is 8.00. The number of amides is 2. The predicted molar refractivity (Wildman–Crippen MR) is 121 cm³/mol. The summed E-state index contributed by atoms with van der Waals surface area (Å²) in [6, 6.07) is 11.5. The van der Waals surface area contributed by atoms with Gasteiger partial charge in [-0.05, 0) is 48.1 Å². The summed E-state index contributed by atoms with van der Waals surface area (Å²) in [6.07, 6.45) is -4.59. The van der Waals surface area contributed by atoms with E-state index in [0.717, 1.165) is 27.5 Å². The van der Waals surface area contributed by atoms with Crippen LogP contribution in [0.25, 0.3) is 0 Å². The first-order valence-corrected chi connectivity index (χ1v) is 11.9. The number of methoxy groups -OCH3 is 1. The number of thioether (sulfide) groups is 1. The molecule has 1 aromatic heterocycles. The SMILES string of the molecule is COc1ccc(C2c3sc(=S)[nH]c3SC3C(=O)N(c4cccc(C(F)(F)F)c4)C(=O)C32)cc1. The Bertz CT molecular complexity index is 1320. The molecule has 2 amide bonds. The van der Waals surface area contributed by atoms with E-state index in [9.17, 15) is 22.8 Å². The first-order chi connectivity index (χ1) is 15.7. The van der Waals surface area contributed by atoms with Crippen molar-refractivity contribution in [1.82, 2.24) is 4.98 Å². The third kappa shape index (κ3) is 3.68. The van der Waals surface area contributed by atoms with Crippen LogP contribution < -0.4 is 9.64 Å². The van der Waals surface area contributed by atoms with Crippen LogP contribution in [-0.4, -0.2) is 29.2 Å². The summed E-state index contributed by atoms with van der Waals surface area (Å²) in [5.74, 6) is -1.67. The molecule has 2 aliphatic rings. The molecule has 3 unspecified atom stereocenters. The molecule has 33 heavy (non-hydrogen) atoms. The summed E-state index contributed by atoms with van der Waals surface area (Å²) < 4.78 is 45.5. The van der Waals surface area contributed by atoms with Gasteiger partial charge < -0.3 is 9.72 Å². The van der Waals surface area contributed by atoms with Gasteiger partial charge in [0, 0.05) is 10.8 Å². The van der Waals surface area contributed by atoms with Gasteiger partial charge in [0.15, 0.2) is 3.95 Å². The van der Waals surface area contributed by atoms with Crippen molar-refractivity contribution in [3.63, 3.8) is 0 Å². The van der Waals surface area contributed by atoms with Crippen LogP contribution in [0.15, 0.2) is 53.6 Å². The van der Waals surface area contributed by atoms with Crippen LogP contribution in [0, 0.1) is 9.87 Å². The van der Waals surface area contributed by atoms with E-state index >= 15 is 0 Å². The van der Waals surface area contributed by atoms with Gasteiger partial charge in [-0.15, -0.1) is 11.3 Å². The lowest BCUT2D eigenvalue weighted by Gasteiger charge is -2.30. The number of carbonyl (C=O) groups excluding carboxylic acids is 2. The van der Waals surface area contributed by atoms with Crippen molar-refractivity contribution in [3.8, 4) is 5.75 Å². The Balaban J connectivity index is 1.61. The molecule has 11 heteroatoms. The fourth-order valence-electron chi connectivity index (χ4n) is 4.26. The molecule has 170 valence electrons. The van der Waals surface area contributed by atoms with Crippen LogP contribution >= 0.6 is 35.3 Å². The third-order valence-electron chi connectivity index (χ3n) is 5.73. The molecule has 2 aliphatic heterocycles. The van der Waals surface area contributed by atoms with Crippen LogP contribution in [0.3, 0.4) is 0 Å². The molecule has 0 bridgehead atoms. The van der Waals surface area contributed by atoms with Gasteiger partial charge >= 0.3 is 6.18 Å². The van der Waals surface area contributed by atoms with E-state index in [1.54, 1.807) is 19.2 Å². The number of ether oxygens (including phenoxy) is 1. The third-order valence-corrected chi connectivity index (χ3v) is 8.48. The lowest BCUT2D eigenvalue weighted by Crippen LogP contribution is -2.32. The number of nitrogens with zero attached hydrogens (tertiary/aromatic N) is 1. The molecule has 1 N–H and O–H groups in total. The minimum absolute atomic E-state index is 0.0837. The lowest BCUT2D eigenvalue weighted by atomic mass is 9.83. The Labute approximate surface area is 199 Å². The van der Waals surface area contributed by atoms with Crippen molar-refractivity contribution in [2.75, 3.05) is 12.0 Å². The zero-order valence-electron chi connectivity index (χ0n) is 16.9. The number of imide groups is 1. The van der Waals surface area contributed by atoms with Crippen molar-refractivity contribution in [3.05, 3.63) is 68.5 Å². The van der Waals surface area contributed by atoms with Gasteiger partial charge in [-0.1, -0.05) is 30.0 Å². The summed E-state index contributed by atoms with van der Waals surface area (Å²) in [6.45, 7) is 0. The number of carbonyl (C=O) groups is 2. The number of hydrogen-bond acceptors (Lipinski definition) is 6. The number of aromatic nitrogens is 1. The molecule has 1 fully saturated rings. The number of nitrogens with one attached hydrogen (secondary N) is 1. The molecule has 5 nitrogen and oxygen atoms in total. The predicted octanol–water partition coefficient (Wildman–Crippen LogP) is 5.63. The van der Waals surface area contributed by atoms with E-state index in [-0.39, 0.29) is 5.69 Å². The van der Waals surface area contributed by atoms with Gasteiger partial charge in [0.2, 0.25) is 11.8 Å². The van der Waals surface area contributed by atoms with E-state index in [0.29, 0.717) is 14.7 Å². The number of thiazole rings is 1. The number of halogens is 3. The normalized spacial score (nSPS) is 22.3. The highest BCUT2D eigenvalue weighted by molar-refractivity contribution is 8.01. The molecule has 3 atom stereocenters. The fourth-order valence-corrected chi connectivity index (χ4v) is 7.22. The molecule has 0 radical (unpaired) electrons. The number of benzene rings is 2. The average molecular weight is 509 g/mol. The second-order valence-electron chi connectivity index (χ2n) is 7.58. The highest BCUT2D eigenvalue weighted by Gasteiger charge is 2.56. The molecule has 1 saturated heterocycles. The maximum atomic E-state index is 13.6. The van der Waals surface area contributed by atoms with Gasteiger partial charge in [0.25, 0.3) is 0 Å². The van der Waals surface area contributed by atoms with Crippen molar-refractivity contribution < 1.29 is 27.5 Å². The van der Waals surface area contributed by atoms with Crippen LogP contribution in [0.1, 0.15) is 21.9 Å². The summed E-state index contributed by atoms with van der Waals surface area (Å²) in [5, 5.41) is -0.0778. The van der Waals surface area contributed by atoms with Gasteiger partial charge in [0.1, 0.15) is 11.0 Å².